The molecule has 0 saturated carbocycles. The predicted molar refractivity (Wildman–Crippen MR) is 148 cm³/mol. The lowest BCUT2D eigenvalue weighted by molar-refractivity contribution is -0.128. The van der Waals surface area contributed by atoms with E-state index in [9.17, 15) is 9.59 Å². The number of carbonyl (C=O) groups is 2. The number of amides is 2. The molecule has 1 saturated heterocycles. The van der Waals surface area contributed by atoms with Crippen LogP contribution < -0.4 is 10.2 Å². The van der Waals surface area contributed by atoms with Crippen molar-refractivity contribution in [2.75, 3.05) is 36.8 Å². The van der Waals surface area contributed by atoms with Crippen LogP contribution in [0.25, 0.3) is 0 Å². The summed E-state index contributed by atoms with van der Waals surface area (Å²) < 4.78 is 1.83. The maximum Gasteiger partial charge on any atom is 0.253 e. The van der Waals surface area contributed by atoms with Gasteiger partial charge in [0, 0.05) is 43.9 Å². The molecule has 1 fully saturated rings. The Morgan fingerprint density at radius 2 is 1.73 bits per heavy atom. The van der Waals surface area contributed by atoms with E-state index in [0.717, 1.165) is 13.1 Å². The maximum atomic E-state index is 12.9. The van der Waals surface area contributed by atoms with Gasteiger partial charge in [-0.15, -0.1) is 10.2 Å². The van der Waals surface area contributed by atoms with Gasteiger partial charge in [-0.2, -0.15) is 0 Å². The van der Waals surface area contributed by atoms with Gasteiger partial charge in [-0.05, 0) is 36.2 Å². The molecule has 2 aromatic carbocycles. The fraction of sp³-hybridized carbons (Fsp3) is 0.385. The predicted octanol–water partition coefficient (Wildman–Crippen LogP) is 4.69. The number of benzene rings is 2. The molecule has 0 aliphatic carbocycles. The molecule has 0 bridgehead atoms. The van der Waals surface area contributed by atoms with E-state index in [1.807, 2.05) is 48.6 Å². The molecule has 4 rings (SSSR count). The minimum absolute atomic E-state index is 0.0401. The van der Waals surface area contributed by atoms with Crippen LogP contribution in [0.4, 0.5) is 5.69 Å². The normalized spacial score (nSPS) is 14.6. The smallest absolute Gasteiger partial charge is 0.253 e. The summed E-state index contributed by atoms with van der Waals surface area (Å²) in [5.41, 5.74) is 1.52. The minimum Gasteiger partial charge on any atom is -0.368 e. The largest absolute Gasteiger partial charge is 0.368 e. The average Bonchev–Trinajstić information content (AvgIpc) is 3.25. The zero-order valence-electron chi connectivity index (χ0n) is 21.0. The Morgan fingerprint density at radius 1 is 1.03 bits per heavy atom. The highest BCUT2D eigenvalue weighted by Crippen LogP contribution is 2.27. The van der Waals surface area contributed by atoms with Crippen LogP contribution in [-0.2, 0) is 11.8 Å². The highest BCUT2D eigenvalue weighted by atomic mass is 35.5. The Morgan fingerprint density at radius 3 is 2.38 bits per heavy atom. The van der Waals surface area contributed by atoms with E-state index in [-0.39, 0.29) is 28.5 Å². The lowest BCUT2D eigenvalue weighted by atomic mass is 10.0. The molecule has 1 aliphatic rings. The lowest BCUT2D eigenvalue weighted by Gasteiger charge is -2.36. The Kier molecular flexibility index (Phi) is 9.00. The topological polar surface area (TPSA) is 83.4 Å². The number of rotatable bonds is 8. The van der Waals surface area contributed by atoms with Crippen molar-refractivity contribution >= 4 is 52.5 Å². The molecule has 2 heterocycles. The number of carbonyl (C=O) groups excluding carboxylic acids is 2. The van der Waals surface area contributed by atoms with Gasteiger partial charge in [-0.1, -0.05) is 67.0 Å². The van der Waals surface area contributed by atoms with Gasteiger partial charge in [0.2, 0.25) is 5.91 Å². The number of halogens is 2. The molecule has 0 unspecified atom stereocenters. The number of aromatic nitrogens is 3. The molecule has 196 valence electrons. The average molecular weight is 562 g/mol. The second kappa shape index (κ2) is 12.2. The van der Waals surface area contributed by atoms with Gasteiger partial charge in [-0.25, -0.2) is 0 Å². The van der Waals surface area contributed by atoms with Crippen LogP contribution in [0.15, 0.2) is 53.7 Å². The third kappa shape index (κ3) is 6.58. The van der Waals surface area contributed by atoms with Crippen LogP contribution in [0.5, 0.6) is 0 Å². The standard InChI is InChI=1S/C26H30Cl2N6O2S/c1-17(2)23(29-25(36)20-10-9-18(27)15-21(20)28)24-30-31-26(32(24)3)37-16-22(35)34-13-11-33(12-14-34)19-7-5-4-6-8-19/h4-10,15,17,23H,11-14,16H2,1-3H3,(H,29,36)/t23-/m0/s1. The van der Waals surface area contributed by atoms with Crippen LogP contribution in [0.1, 0.15) is 36.1 Å². The molecule has 8 nitrogen and oxygen atoms in total. The van der Waals surface area contributed by atoms with Gasteiger partial charge in [0.15, 0.2) is 11.0 Å². The van der Waals surface area contributed by atoms with Crippen molar-refractivity contribution in [1.29, 1.82) is 0 Å². The number of nitrogens with one attached hydrogen (secondary N) is 1. The van der Waals surface area contributed by atoms with Gasteiger partial charge in [0.05, 0.1) is 22.4 Å². The third-order valence-electron chi connectivity index (χ3n) is 6.35. The summed E-state index contributed by atoms with van der Waals surface area (Å²) in [7, 11) is 1.84. The second-order valence-corrected chi connectivity index (χ2v) is 11.0. The summed E-state index contributed by atoms with van der Waals surface area (Å²) in [6, 6.07) is 14.6. The number of piperazine rings is 1. The lowest BCUT2D eigenvalue weighted by Crippen LogP contribution is -2.49. The van der Waals surface area contributed by atoms with Crippen molar-refractivity contribution in [2.24, 2.45) is 13.0 Å². The summed E-state index contributed by atoms with van der Waals surface area (Å²) in [5, 5.41) is 13.0. The molecule has 2 amide bonds. The SMILES string of the molecule is CC(C)[C@H](NC(=O)c1ccc(Cl)cc1Cl)c1nnc(SCC(=O)N2CCN(c3ccccc3)CC2)n1C. The summed E-state index contributed by atoms with van der Waals surface area (Å²) in [6.45, 7) is 6.98. The Labute approximate surface area is 231 Å². The fourth-order valence-corrected chi connectivity index (χ4v) is 5.53. The third-order valence-corrected chi connectivity index (χ3v) is 7.91. The number of nitrogens with zero attached hydrogens (tertiary/aromatic N) is 5. The van der Waals surface area contributed by atoms with Gasteiger partial charge >= 0.3 is 0 Å². The molecule has 37 heavy (non-hydrogen) atoms. The summed E-state index contributed by atoms with van der Waals surface area (Å²) in [5.74, 6) is 0.685. The van der Waals surface area contributed by atoms with Crippen LogP contribution in [0, 0.1) is 5.92 Å². The van der Waals surface area contributed by atoms with Crippen LogP contribution in [-0.4, -0.2) is 63.4 Å². The van der Waals surface area contributed by atoms with Gasteiger partial charge in [-0.3, -0.25) is 9.59 Å². The minimum atomic E-state index is -0.395. The van der Waals surface area contributed by atoms with Crippen LogP contribution >= 0.6 is 35.0 Å². The van der Waals surface area contributed by atoms with Crippen molar-refractivity contribution in [3.8, 4) is 0 Å². The van der Waals surface area contributed by atoms with Crippen LogP contribution in [0.3, 0.4) is 0 Å². The molecule has 1 aliphatic heterocycles. The summed E-state index contributed by atoms with van der Waals surface area (Å²) in [4.78, 5) is 30.0. The number of hydrogen-bond donors (Lipinski definition) is 1. The first kappa shape index (κ1) is 27.3. The Hall–Kier alpha value is -2.75. The van der Waals surface area contributed by atoms with Crippen molar-refractivity contribution < 1.29 is 9.59 Å². The van der Waals surface area contributed by atoms with Gasteiger partial charge < -0.3 is 19.7 Å². The first-order valence-corrected chi connectivity index (χ1v) is 13.8. The number of para-hydroxylation sites is 1. The van der Waals surface area contributed by atoms with E-state index in [1.54, 1.807) is 12.1 Å². The maximum absolute atomic E-state index is 12.9. The monoisotopic (exact) mass is 560 g/mol. The van der Waals surface area contributed by atoms with E-state index >= 15 is 0 Å². The quantitative estimate of drug-likeness (QED) is 0.402. The molecule has 3 aromatic rings. The highest BCUT2D eigenvalue weighted by molar-refractivity contribution is 7.99. The zero-order chi connectivity index (χ0) is 26.5. The first-order valence-electron chi connectivity index (χ1n) is 12.1. The van der Waals surface area contributed by atoms with Crippen molar-refractivity contribution in [2.45, 2.75) is 25.0 Å². The molecular formula is C26H30Cl2N6O2S. The van der Waals surface area contributed by atoms with Gasteiger partial charge in [0.25, 0.3) is 5.91 Å². The summed E-state index contributed by atoms with van der Waals surface area (Å²) in [6.07, 6.45) is 0. The molecule has 1 aromatic heterocycles. The molecule has 0 radical (unpaired) electrons. The fourth-order valence-electron chi connectivity index (χ4n) is 4.22. The first-order chi connectivity index (χ1) is 17.7. The van der Waals surface area contributed by atoms with Crippen LogP contribution in [0.2, 0.25) is 10.0 Å². The number of anilines is 1. The number of hydrogen-bond acceptors (Lipinski definition) is 6. The van der Waals surface area contributed by atoms with E-state index in [2.05, 4.69) is 32.5 Å². The van der Waals surface area contributed by atoms with Crippen molar-refractivity contribution in [3.05, 3.63) is 70.0 Å². The highest BCUT2D eigenvalue weighted by Gasteiger charge is 2.27. The van der Waals surface area contributed by atoms with E-state index in [1.165, 1.54) is 23.5 Å². The van der Waals surface area contributed by atoms with Crippen molar-refractivity contribution in [3.63, 3.8) is 0 Å². The molecule has 1 atom stereocenters. The van der Waals surface area contributed by atoms with E-state index < -0.39 is 6.04 Å². The zero-order valence-corrected chi connectivity index (χ0v) is 23.4. The Balaban J connectivity index is 1.35. The summed E-state index contributed by atoms with van der Waals surface area (Å²) >= 11 is 13.5. The second-order valence-electron chi connectivity index (χ2n) is 9.21. The molecular weight excluding hydrogens is 531 g/mol. The molecule has 11 heteroatoms. The van der Waals surface area contributed by atoms with E-state index in [4.69, 9.17) is 23.2 Å². The molecule has 1 N–H and O–H groups in total. The van der Waals surface area contributed by atoms with Gasteiger partial charge in [0.1, 0.15) is 0 Å². The van der Waals surface area contributed by atoms with E-state index in [0.29, 0.717) is 34.7 Å². The Bertz CT molecular complexity index is 1250. The molecule has 0 spiro atoms. The number of thioether (sulfide) groups is 1. The van der Waals surface area contributed by atoms with Crippen molar-refractivity contribution in [1.82, 2.24) is 25.0 Å².